The Hall–Kier alpha value is -3.22. The summed E-state index contributed by atoms with van der Waals surface area (Å²) in [5.41, 5.74) is 4.38. The quantitative estimate of drug-likeness (QED) is 0.501. The predicted molar refractivity (Wildman–Crippen MR) is 90.2 cm³/mol. The molecule has 0 heterocycles. The van der Waals surface area contributed by atoms with E-state index in [1.54, 1.807) is 18.2 Å². The largest absolute Gasteiger partial charge is 0.483 e. The van der Waals surface area contributed by atoms with Crippen LogP contribution in [0.5, 0.6) is 5.75 Å². The van der Waals surface area contributed by atoms with Crippen LogP contribution in [-0.2, 0) is 4.79 Å². The molecule has 2 rings (SSSR count). The number of para-hydroxylation sites is 2. The lowest BCUT2D eigenvalue weighted by molar-refractivity contribution is -0.385. The van der Waals surface area contributed by atoms with Gasteiger partial charge in [0.05, 0.1) is 16.7 Å². The zero-order valence-electron chi connectivity index (χ0n) is 13.4. The smallest absolute Gasteiger partial charge is 0.278 e. The summed E-state index contributed by atoms with van der Waals surface area (Å²) in [7, 11) is 0. The molecule has 0 bridgehead atoms. The summed E-state index contributed by atoms with van der Waals surface area (Å²) in [5, 5.41) is 14.6. The third-order valence-corrected chi connectivity index (χ3v) is 3.28. The van der Waals surface area contributed by atoms with E-state index >= 15 is 0 Å². The van der Waals surface area contributed by atoms with E-state index in [4.69, 9.17) is 4.74 Å². The first kappa shape index (κ1) is 17.1. The van der Waals surface area contributed by atoms with Crippen LogP contribution in [0.3, 0.4) is 0 Å². The molecule has 0 fully saturated rings. The second-order valence-electron chi connectivity index (χ2n) is 5.12. The Morgan fingerprint density at radius 1 is 1.21 bits per heavy atom. The molecule has 0 saturated carbocycles. The van der Waals surface area contributed by atoms with Crippen molar-refractivity contribution >= 4 is 17.8 Å². The fraction of sp³-hybridized carbons (Fsp3) is 0.176. The lowest BCUT2D eigenvalue weighted by Gasteiger charge is -2.10. The number of nitro groups is 1. The van der Waals surface area contributed by atoms with Gasteiger partial charge in [0.1, 0.15) is 5.75 Å². The Bertz CT molecular complexity index is 767. The molecule has 2 aromatic carbocycles. The van der Waals surface area contributed by atoms with Crippen LogP contribution < -0.4 is 10.2 Å². The van der Waals surface area contributed by atoms with Gasteiger partial charge >= 0.3 is 0 Å². The molecule has 0 saturated heterocycles. The van der Waals surface area contributed by atoms with E-state index in [0.29, 0.717) is 11.3 Å². The Kier molecular flexibility index (Phi) is 5.62. The third-order valence-electron chi connectivity index (χ3n) is 3.28. The van der Waals surface area contributed by atoms with Crippen LogP contribution in [-0.4, -0.2) is 23.7 Å². The molecule has 1 N–H and O–H groups in total. The van der Waals surface area contributed by atoms with Gasteiger partial charge in [-0.05, 0) is 31.0 Å². The first-order chi connectivity index (χ1) is 11.5. The van der Waals surface area contributed by atoms with Crippen LogP contribution in [0.15, 0.2) is 47.6 Å². The van der Waals surface area contributed by atoms with Crippen LogP contribution in [0, 0.1) is 24.0 Å². The van der Waals surface area contributed by atoms with Crippen LogP contribution in [0.4, 0.5) is 5.69 Å². The highest BCUT2D eigenvalue weighted by atomic mass is 16.6. The number of aryl methyl sites for hydroxylation is 2. The molecule has 7 nitrogen and oxygen atoms in total. The van der Waals surface area contributed by atoms with Gasteiger partial charge in [-0.15, -0.1) is 0 Å². The van der Waals surface area contributed by atoms with Gasteiger partial charge in [-0.2, -0.15) is 5.10 Å². The molecular weight excluding hydrogens is 310 g/mol. The number of rotatable bonds is 6. The maximum atomic E-state index is 11.8. The molecule has 0 aromatic heterocycles. The van der Waals surface area contributed by atoms with Crippen molar-refractivity contribution in [3.05, 3.63) is 69.3 Å². The third kappa shape index (κ3) is 4.39. The van der Waals surface area contributed by atoms with Gasteiger partial charge in [0.15, 0.2) is 6.61 Å². The average Bonchev–Trinajstić information content (AvgIpc) is 2.54. The van der Waals surface area contributed by atoms with Crippen LogP contribution in [0.25, 0.3) is 0 Å². The number of hydrogen-bond acceptors (Lipinski definition) is 5. The van der Waals surface area contributed by atoms with Gasteiger partial charge < -0.3 is 4.74 Å². The summed E-state index contributed by atoms with van der Waals surface area (Å²) < 4.78 is 5.50. The normalized spacial score (nSPS) is 10.6. The van der Waals surface area contributed by atoms with Crippen LogP contribution >= 0.6 is 0 Å². The summed E-state index contributed by atoms with van der Waals surface area (Å²) in [5.74, 6) is 0.211. The number of hydrogen-bond donors (Lipinski definition) is 1. The lowest BCUT2D eigenvalue weighted by Crippen LogP contribution is -2.25. The topological polar surface area (TPSA) is 93.8 Å². The number of nitro benzene ring substituents is 1. The van der Waals surface area contributed by atoms with Crippen molar-refractivity contribution in [2.24, 2.45) is 5.10 Å². The molecular formula is C17H17N3O4. The molecule has 0 aliphatic rings. The summed E-state index contributed by atoms with van der Waals surface area (Å²) in [6.45, 7) is 3.60. The summed E-state index contributed by atoms with van der Waals surface area (Å²) in [4.78, 5) is 22.1. The van der Waals surface area contributed by atoms with Gasteiger partial charge in [-0.3, -0.25) is 14.9 Å². The van der Waals surface area contributed by atoms with Crippen molar-refractivity contribution in [1.29, 1.82) is 0 Å². The van der Waals surface area contributed by atoms with Crippen LogP contribution in [0.2, 0.25) is 0 Å². The summed E-state index contributed by atoms with van der Waals surface area (Å²) in [6, 6.07) is 11.8. The highest BCUT2D eigenvalue weighted by molar-refractivity contribution is 5.86. The van der Waals surface area contributed by atoms with Crippen molar-refractivity contribution in [1.82, 2.24) is 5.43 Å². The molecule has 1 amide bonds. The second kappa shape index (κ2) is 7.87. The molecule has 124 valence electrons. The highest BCUT2D eigenvalue weighted by Crippen LogP contribution is 2.22. The number of hydrazone groups is 1. The van der Waals surface area contributed by atoms with Gasteiger partial charge in [0.2, 0.25) is 0 Å². The number of ether oxygens (including phenoxy) is 1. The molecule has 0 atom stereocenters. The number of carbonyl (C=O) groups excluding carboxylic acids is 1. The first-order valence-electron chi connectivity index (χ1n) is 7.23. The highest BCUT2D eigenvalue weighted by Gasteiger charge is 2.10. The summed E-state index contributed by atoms with van der Waals surface area (Å²) in [6.07, 6.45) is 1.23. The van der Waals surface area contributed by atoms with E-state index in [2.05, 4.69) is 10.5 Å². The lowest BCUT2D eigenvalue weighted by atomic mass is 10.1. The van der Waals surface area contributed by atoms with Crippen molar-refractivity contribution in [3.63, 3.8) is 0 Å². The van der Waals surface area contributed by atoms with Crippen molar-refractivity contribution in [2.75, 3.05) is 6.61 Å². The van der Waals surface area contributed by atoms with Gasteiger partial charge in [-0.1, -0.05) is 30.3 Å². The monoisotopic (exact) mass is 327 g/mol. The molecule has 0 spiro atoms. The van der Waals surface area contributed by atoms with Crippen molar-refractivity contribution in [2.45, 2.75) is 13.8 Å². The Labute approximate surface area is 139 Å². The Morgan fingerprint density at radius 3 is 2.54 bits per heavy atom. The van der Waals surface area contributed by atoms with Crippen molar-refractivity contribution < 1.29 is 14.5 Å². The number of carbonyl (C=O) groups is 1. The van der Waals surface area contributed by atoms with E-state index < -0.39 is 10.8 Å². The first-order valence-corrected chi connectivity index (χ1v) is 7.23. The molecule has 7 heteroatoms. The second-order valence-corrected chi connectivity index (χ2v) is 5.12. The molecule has 0 aliphatic heterocycles. The minimum absolute atomic E-state index is 0.0812. The summed E-state index contributed by atoms with van der Waals surface area (Å²) >= 11 is 0. The predicted octanol–water partition coefficient (Wildman–Crippen LogP) is 2.74. The van der Waals surface area contributed by atoms with Crippen LogP contribution in [0.1, 0.15) is 16.7 Å². The van der Waals surface area contributed by atoms with E-state index in [1.807, 2.05) is 32.0 Å². The maximum Gasteiger partial charge on any atom is 0.278 e. The number of amides is 1. The molecule has 0 radical (unpaired) electrons. The fourth-order valence-corrected chi connectivity index (χ4v) is 2.13. The molecule has 0 unspecified atom stereocenters. The molecule has 2 aromatic rings. The van der Waals surface area contributed by atoms with E-state index in [0.717, 1.165) is 11.1 Å². The standard InChI is InChI=1S/C17H17N3O4/c1-12-6-5-7-13(2)17(12)24-11-16(21)19-18-10-14-8-3-4-9-15(14)20(22)23/h3-10H,11H2,1-2H3,(H,19,21). The fourth-order valence-electron chi connectivity index (χ4n) is 2.13. The maximum absolute atomic E-state index is 11.8. The number of nitrogens with zero attached hydrogens (tertiary/aromatic N) is 2. The SMILES string of the molecule is Cc1cccc(C)c1OCC(=O)NN=Cc1ccccc1[N+](=O)[O-]. The van der Waals surface area contributed by atoms with Crippen molar-refractivity contribution in [3.8, 4) is 5.75 Å². The van der Waals surface area contributed by atoms with E-state index in [1.165, 1.54) is 12.3 Å². The van der Waals surface area contributed by atoms with Gasteiger partial charge in [-0.25, -0.2) is 5.43 Å². The van der Waals surface area contributed by atoms with E-state index in [-0.39, 0.29) is 12.3 Å². The molecule has 0 aliphatic carbocycles. The molecule has 24 heavy (non-hydrogen) atoms. The van der Waals surface area contributed by atoms with Gasteiger partial charge in [0, 0.05) is 6.07 Å². The Morgan fingerprint density at radius 2 is 1.88 bits per heavy atom. The number of nitrogens with one attached hydrogen (secondary N) is 1. The minimum Gasteiger partial charge on any atom is -0.483 e. The number of benzene rings is 2. The minimum atomic E-state index is -0.507. The Balaban J connectivity index is 1.93. The van der Waals surface area contributed by atoms with Gasteiger partial charge in [0.25, 0.3) is 11.6 Å². The zero-order valence-corrected chi connectivity index (χ0v) is 13.4. The average molecular weight is 327 g/mol. The zero-order chi connectivity index (χ0) is 17.5. The van der Waals surface area contributed by atoms with E-state index in [9.17, 15) is 14.9 Å².